The van der Waals surface area contributed by atoms with E-state index in [2.05, 4.69) is 20.6 Å². The Labute approximate surface area is 199 Å². The molecule has 34 heavy (non-hydrogen) atoms. The molecule has 11 nitrogen and oxygen atoms in total. The van der Waals surface area contributed by atoms with Crippen molar-refractivity contribution < 1.29 is 24.3 Å². The number of ether oxygens (including phenoxy) is 1. The van der Waals surface area contributed by atoms with Crippen LogP contribution in [0.25, 0.3) is 0 Å². The number of hydrogen-bond donors (Lipinski definition) is 3. The van der Waals surface area contributed by atoms with Crippen molar-refractivity contribution in [2.45, 2.75) is 44.6 Å². The Kier molecular flexibility index (Phi) is 8.30. The van der Waals surface area contributed by atoms with Gasteiger partial charge in [0, 0.05) is 19.6 Å². The summed E-state index contributed by atoms with van der Waals surface area (Å²) in [6.45, 7) is 3.15. The number of hydrogen-bond acceptors (Lipinski definition) is 8. The molecule has 0 bridgehead atoms. The van der Waals surface area contributed by atoms with Gasteiger partial charge in [-0.15, -0.1) is 0 Å². The molecule has 3 aliphatic rings. The molecule has 1 aliphatic carbocycles. The minimum absolute atomic E-state index is 0.0888. The van der Waals surface area contributed by atoms with Crippen molar-refractivity contribution >= 4 is 29.9 Å². The second-order valence-electron chi connectivity index (χ2n) is 9.20. The van der Waals surface area contributed by atoms with Crippen LogP contribution >= 0.6 is 0 Å². The van der Waals surface area contributed by atoms with Gasteiger partial charge in [0.1, 0.15) is 17.7 Å². The van der Waals surface area contributed by atoms with E-state index in [1.165, 1.54) is 5.01 Å². The minimum atomic E-state index is -0.698. The van der Waals surface area contributed by atoms with Crippen molar-refractivity contribution in [2.75, 3.05) is 49.6 Å². The van der Waals surface area contributed by atoms with E-state index in [0.29, 0.717) is 55.8 Å². The normalized spacial score (nSPS) is 22.0. The fraction of sp³-hybridized carbons (Fsp3) is 0.652. The third-order valence-corrected chi connectivity index (χ3v) is 6.84. The quantitative estimate of drug-likeness (QED) is 0.275. The molecule has 1 aromatic heterocycles. The molecule has 0 aromatic carbocycles. The van der Waals surface area contributed by atoms with Crippen LogP contribution in [-0.4, -0.2) is 83.9 Å². The maximum absolute atomic E-state index is 13.4. The molecule has 1 aromatic rings. The van der Waals surface area contributed by atoms with Crippen molar-refractivity contribution in [3.05, 3.63) is 18.2 Å². The lowest BCUT2D eigenvalue weighted by molar-refractivity contribution is -0.159. The standard InChI is InChI=1S/C23H34N6O5/c30-16-28(33)15-18(14-17-4-1-2-5-17)23(32)29-19(8-9-24-29)22(31)26-20-6-3-7-21(25-20)27-10-12-34-13-11-27/h3,6-7,16-19,24,33H,1-2,4-5,8-15H2,(H,25,26,31)/t18-,19+/m1/s1. The van der Waals surface area contributed by atoms with Crippen molar-refractivity contribution in [3.8, 4) is 0 Å². The minimum Gasteiger partial charge on any atom is -0.378 e. The molecule has 0 unspecified atom stereocenters. The predicted octanol–water partition coefficient (Wildman–Crippen LogP) is 1.01. The van der Waals surface area contributed by atoms with Crippen molar-refractivity contribution in [1.82, 2.24) is 20.5 Å². The van der Waals surface area contributed by atoms with Crippen LogP contribution in [0.4, 0.5) is 11.6 Å². The SMILES string of the molecule is O=CN(O)C[C@@H](CC1CCCC1)C(=O)N1NCC[C@H]1C(=O)Nc1cccc(N2CCOCC2)n1. The number of nitrogens with one attached hydrogen (secondary N) is 2. The summed E-state index contributed by atoms with van der Waals surface area (Å²) >= 11 is 0. The van der Waals surface area contributed by atoms with Gasteiger partial charge in [0.05, 0.1) is 25.7 Å². The van der Waals surface area contributed by atoms with Gasteiger partial charge in [0.2, 0.25) is 18.2 Å². The lowest BCUT2D eigenvalue weighted by Gasteiger charge is -2.30. The van der Waals surface area contributed by atoms with Crippen LogP contribution in [0.5, 0.6) is 0 Å². The first-order valence-electron chi connectivity index (χ1n) is 12.1. The van der Waals surface area contributed by atoms with E-state index in [4.69, 9.17) is 4.74 Å². The lowest BCUT2D eigenvalue weighted by Crippen LogP contribution is -2.51. The van der Waals surface area contributed by atoms with Crippen LogP contribution in [0.3, 0.4) is 0 Å². The van der Waals surface area contributed by atoms with E-state index < -0.39 is 12.0 Å². The molecule has 0 radical (unpaired) electrons. The van der Waals surface area contributed by atoms with Crippen LogP contribution in [0.1, 0.15) is 38.5 Å². The monoisotopic (exact) mass is 474 g/mol. The number of carbonyl (C=O) groups excluding carboxylic acids is 3. The number of morpholine rings is 1. The van der Waals surface area contributed by atoms with Crippen molar-refractivity contribution in [1.29, 1.82) is 0 Å². The number of anilines is 2. The molecule has 3 amide bonds. The van der Waals surface area contributed by atoms with Gasteiger partial charge >= 0.3 is 0 Å². The molecule has 2 atom stereocenters. The number of nitrogens with zero attached hydrogens (tertiary/aromatic N) is 4. The summed E-state index contributed by atoms with van der Waals surface area (Å²) in [5.41, 5.74) is 3.02. The molecule has 186 valence electrons. The van der Waals surface area contributed by atoms with Crippen LogP contribution in [0.2, 0.25) is 0 Å². The molecule has 0 spiro atoms. The average Bonchev–Trinajstić information content (AvgIpc) is 3.56. The topological polar surface area (TPSA) is 127 Å². The molecule has 1 saturated carbocycles. The molecular weight excluding hydrogens is 440 g/mol. The smallest absolute Gasteiger partial charge is 0.250 e. The Morgan fingerprint density at radius 1 is 1.26 bits per heavy atom. The largest absolute Gasteiger partial charge is 0.378 e. The Bertz CT molecular complexity index is 858. The second kappa shape index (κ2) is 11.6. The van der Waals surface area contributed by atoms with Gasteiger partial charge in [-0.3, -0.25) is 24.6 Å². The molecule has 11 heteroatoms. The van der Waals surface area contributed by atoms with Gasteiger partial charge in [-0.25, -0.2) is 15.5 Å². The first-order chi connectivity index (χ1) is 16.5. The molecule has 2 aliphatic heterocycles. The number of amides is 3. The molecule has 4 rings (SSSR count). The van der Waals surface area contributed by atoms with E-state index in [0.717, 1.165) is 44.6 Å². The van der Waals surface area contributed by atoms with Gasteiger partial charge < -0.3 is 15.0 Å². The summed E-state index contributed by atoms with van der Waals surface area (Å²) in [6.07, 6.45) is 5.70. The van der Waals surface area contributed by atoms with E-state index in [9.17, 15) is 19.6 Å². The number of carbonyl (C=O) groups is 3. The van der Waals surface area contributed by atoms with E-state index in [-0.39, 0.29) is 18.4 Å². The first kappa shape index (κ1) is 24.4. The van der Waals surface area contributed by atoms with Gasteiger partial charge in [0.25, 0.3) is 0 Å². The maximum Gasteiger partial charge on any atom is 0.250 e. The van der Waals surface area contributed by atoms with Crippen LogP contribution in [0.15, 0.2) is 18.2 Å². The molecular formula is C23H34N6O5. The van der Waals surface area contributed by atoms with Crippen molar-refractivity contribution in [2.24, 2.45) is 11.8 Å². The van der Waals surface area contributed by atoms with Gasteiger partial charge in [-0.2, -0.15) is 0 Å². The molecule has 3 fully saturated rings. The molecule has 3 heterocycles. The fourth-order valence-electron chi connectivity index (χ4n) is 5.08. The Morgan fingerprint density at radius 2 is 2.03 bits per heavy atom. The fourth-order valence-corrected chi connectivity index (χ4v) is 5.08. The van der Waals surface area contributed by atoms with Gasteiger partial charge in [0.15, 0.2) is 0 Å². The molecule has 2 saturated heterocycles. The summed E-state index contributed by atoms with van der Waals surface area (Å²) in [4.78, 5) is 44.2. The Balaban J connectivity index is 1.42. The first-order valence-corrected chi connectivity index (χ1v) is 12.1. The maximum atomic E-state index is 13.4. The van der Waals surface area contributed by atoms with Gasteiger partial charge in [-0.05, 0) is 30.9 Å². The Hall–Kier alpha value is -2.76. The van der Waals surface area contributed by atoms with Crippen LogP contribution in [0, 0.1) is 11.8 Å². The predicted molar refractivity (Wildman–Crippen MR) is 124 cm³/mol. The third kappa shape index (κ3) is 6.02. The number of hydrazine groups is 1. The summed E-state index contributed by atoms with van der Waals surface area (Å²) in [6, 6.07) is 4.77. The zero-order chi connectivity index (χ0) is 23.9. The highest BCUT2D eigenvalue weighted by atomic mass is 16.5. The highest BCUT2D eigenvalue weighted by Gasteiger charge is 2.39. The average molecular weight is 475 g/mol. The van der Waals surface area contributed by atoms with Crippen molar-refractivity contribution in [3.63, 3.8) is 0 Å². The lowest BCUT2D eigenvalue weighted by atomic mass is 9.92. The summed E-state index contributed by atoms with van der Waals surface area (Å²) in [5, 5.41) is 14.5. The highest BCUT2D eigenvalue weighted by molar-refractivity contribution is 5.97. The molecule has 3 N–H and O–H groups in total. The van der Waals surface area contributed by atoms with Gasteiger partial charge in [-0.1, -0.05) is 31.7 Å². The van der Waals surface area contributed by atoms with Crippen LogP contribution in [-0.2, 0) is 19.1 Å². The third-order valence-electron chi connectivity index (χ3n) is 6.84. The van der Waals surface area contributed by atoms with E-state index in [1.54, 1.807) is 6.07 Å². The van der Waals surface area contributed by atoms with E-state index >= 15 is 0 Å². The summed E-state index contributed by atoms with van der Waals surface area (Å²) < 4.78 is 5.39. The number of hydroxylamine groups is 2. The van der Waals surface area contributed by atoms with Crippen LogP contribution < -0.4 is 15.6 Å². The zero-order valence-electron chi connectivity index (χ0n) is 19.4. The van der Waals surface area contributed by atoms with E-state index in [1.807, 2.05) is 12.1 Å². The zero-order valence-corrected chi connectivity index (χ0v) is 19.4. The number of aromatic nitrogens is 1. The number of rotatable bonds is 9. The highest BCUT2D eigenvalue weighted by Crippen LogP contribution is 2.31. The number of pyridine rings is 1. The second-order valence-corrected chi connectivity index (χ2v) is 9.20. The Morgan fingerprint density at radius 3 is 2.76 bits per heavy atom. The summed E-state index contributed by atoms with van der Waals surface area (Å²) in [7, 11) is 0. The summed E-state index contributed by atoms with van der Waals surface area (Å²) in [5.74, 6) is 0.407.